The Morgan fingerprint density at radius 3 is 1.94 bits per heavy atom. The number of hydrogen-bond acceptors (Lipinski definition) is 10. The average molecular weight is 893 g/mol. The predicted octanol–water partition coefficient (Wildman–Crippen LogP) is 9.82. The molecule has 13 nitrogen and oxygen atoms in total. The van der Waals surface area contributed by atoms with Gasteiger partial charge in [0.15, 0.2) is 17.0 Å². The third-order valence-corrected chi connectivity index (χ3v) is 12.6. The molecule has 0 spiro atoms. The lowest BCUT2D eigenvalue weighted by atomic mass is 9.80. The molecule has 2 amide bonds. The first-order valence-electron chi connectivity index (χ1n) is 22.2. The van der Waals surface area contributed by atoms with E-state index in [-0.39, 0.29) is 49.7 Å². The fraction of sp³-hybridized carbons (Fsp3) is 0.204. The number of ether oxygens (including phenoxy) is 5. The lowest BCUT2D eigenvalue weighted by Crippen LogP contribution is -2.35. The van der Waals surface area contributed by atoms with E-state index in [0.29, 0.717) is 23.1 Å². The van der Waals surface area contributed by atoms with Crippen LogP contribution in [0.25, 0.3) is 22.3 Å². The van der Waals surface area contributed by atoms with E-state index in [1.807, 2.05) is 95.6 Å². The number of amides is 2. The van der Waals surface area contributed by atoms with Crippen molar-refractivity contribution in [2.75, 3.05) is 32.8 Å². The van der Waals surface area contributed by atoms with E-state index < -0.39 is 11.7 Å². The molecule has 0 saturated carbocycles. The van der Waals surface area contributed by atoms with Crippen LogP contribution in [0.3, 0.4) is 0 Å². The minimum Gasteiger partial charge on any atom is -0.497 e. The molecule has 2 aliphatic rings. The Morgan fingerprint density at radius 1 is 0.687 bits per heavy atom. The summed E-state index contributed by atoms with van der Waals surface area (Å²) >= 11 is 0. The Morgan fingerprint density at radius 2 is 1.30 bits per heavy atom. The molecule has 8 aromatic rings. The molecular weight excluding hydrogens is 845 g/mol. The van der Waals surface area contributed by atoms with Gasteiger partial charge in [-0.3, -0.25) is 9.36 Å². The number of imidazole rings is 1. The van der Waals surface area contributed by atoms with Crippen molar-refractivity contribution >= 4 is 29.0 Å². The van der Waals surface area contributed by atoms with Gasteiger partial charge in [-0.2, -0.15) is 0 Å². The van der Waals surface area contributed by atoms with E-state index in [1.165, 1.54) is 17.5 Å². The number of fused-ring (bicyclic) bond motifs is 4. The SMILES string of the molecule is COc1ccc(C(OC[C@@H]2CC[C@@H](n3cnc4c(NC(=O)c5ccc(CNC(=O)OCC6c7ccccc7-c7ccccc76)cc5)ncnc43)O2)(c2ccccc2)c2ccc(OC)cc2)cc1. The Labute approximate surface area is 387 Å². The number of rotatable bonds is 15. The normalized spacial score (nSPS) is 15.4. The third kappa shape index (κ3) is 8.58. The highest BCUT2D eigenvalue weighted by Crippen LogP contribution is 2.45. The zero-order chi connectivity index (χ0) is 45.7. The summed E-state index contributed by atoms with van der Waals surface area (Å²) in [5.41, 5.74) is 8.68. The number of hydrogen-bond donors (Lipinski definition) is 2. The Bertz CT molecular complexity index is 2920. The second kappa shape index (κ2) is 18.9. The van der Waals surface area contributed by atoms with Gasteiger partial charge in [0.1, 0.15) is 36.3 Å². The summed E-state index contributed by atoms with van der Waals surface area (Å²) in [6.07, 6.45) is 3.36. The van der Waals surface area contributed by atoms with Crippen LogP contribution in [0, 0.1) is 0 Å². The first-order chi connectivity index (χ1) is 32.9. The fourth-order valence-corrected chi connectivity index (χ4v) is 9.24. The van der Waals surface area contributed by atoms with Crippen LogP contribution in [0.1, 0.15) is 68.7 Å². The molecule has 0 unspecified atom stereocenters. The molecule has 1 saturated heterocycles. The molecule has 2 atom stereocenters. The van der Waals surface area contributed by atoms with Gasteiger partial charge in [0.2, 0.25) is 0 Å². The molecule has 336 valence electrons. The lowest BCUT2D eigenvalue weighted by Gasteiger charge is -2.37. The topological polar surface area (TPSA) is 148 Å². The van der Waals surface area contributed by atoms with Crippen LogP contribution < -0.4 is 20.1 Å². The Balaban J connectivity index is 0.777. The average Bonchev–Trinajstić information content (AvgIpc) is 4.13. The number of carbonyl (C=O) groups is 2. The minimum absolute atomic E-state index is 0.0278. The van der Waals surface area contributed by atoms with E-state index >= 15 is 0 Å². The predicted molar refractivity (Wildman–Crippen MR) is 253 cm³/mol. The summed E-state index contributed by atoms with van der Waals surface area (Å²) in [5, 5.41) is 5.74. The van der Waals surface area contributed by atoms with Gasteiger partial charge in [0, 0.05) is 18.0 Å². The van der Waals surface area contributed by atoms with E-state index in [1.54, 1.807) is 44.8 Å². The molecule has 2 N–H and O–H groups in total. The van der Waals surface area contributed by atoms with Gasteiger partial charge < -0.3 is 34.3 Å². The van der Waals surface area contributed by atoms with E-state index in [9.17, 15) is 9.59 Å². The van der Waals surface area contributed by atoms with Crippen LogP contribution >= 0.6 is 0 Å². The molecule has 3 heterocycles. The maximum absolute atomic E-state index is 13.5. The number of methoxy groups -OCH3 is 2. The standard InChI is InChI=1S/C54H48N6O7/c1-63-40-24-20-38(21-25-40)54(37-10-4-3-5-11-37,39-22-26-41(64-2)27-23-39)66-31-42-28-29-48(67-42)60-34-58-49-50(56-33-57-51(49)60)59-52(61)36-18-16-35(17-19-36)30-55-53(62)65-32-47-45-14-8-6-12-43(45)44-13-7-9-15-46(44)47/h3-27,33-34,42,47-48H,28-32H2,1-2H3,(H,55,62)(H,56,57,59,61)/t42-,48-/m0/s1. The number of nitrogens with zero attached hydrogens (tertiary/aromatic N) is 4. The Kier molecular flexibility index (Phi) is 12.2. The largest absolute Gasteiger partial charge is 0.497 e. The van der Waals surface area contributed by atoms with Crippen molar-refractivity contribution < 1.29 is 33.3 Å². The molecule has 6 aromatic carbocycles. The summed E-state index contributed by atoms with van der Waals surface area (Å²) in [7, 11) is 3.30. The summed E-state index contributed by atoms with van der Waals surface area (Å²) in [5.74, 6) is 1.37. The van der Waals surface area contributed by atoms with Crippen molar-refractivity contribution in [3.05, 3.63) is 203 Å². The summed E-state index contributed by atoms with van der Waals surface area (Å²) < 4.78 is 32.4. The van der Waals surface area contributed by atoms with Crippen molar-refractivity contribution in [3.8, 4) is 22.6 Å². The van der Waals surface area contributed by atoms with Gasteiger partial charge in [-0.05, 0) is 93.7 Å². The molecule has 1 fully saturated rings. The van der Waals surface area contributed by atoms with Gasteiger partial charge in [-0.15, -0.1) is 0 Å². The minimum atomic E-state index is -0.980. The first-order valence-corrected chi connectivity index (χ1v) is 22.2. The molecule has 0 bridgehead atoms. The van der Waals surface area contributed by atoms with Crippen molar-refractivity contribution in [2.24, 2.45) is 0 Å². The summed E-state index contributed by atoms with van der Waals surface area (Å²) in [6, 6.07) is 49.5. The quantitative estimate of drug-likeness (QED) is 0.0954. The van der Waals surface area contributed by atoms with Gasteiger partial charge in [-0.1, -0.05) is 115 Å². The molecule has 0 radical (unpaired) electrons. The molecule has 1 aliphatic carbocycles. The highest BCUT2D eigenvalue weighted by atomic mass is 16.6. The number of anilines is 1. The zero-order valence-electron chi connectivity index (χ0n) is 37.0. The maximum Gasteiger partial charge on any atom is 0.407 e. The van der Waals surface area contributed by atoms with E-state index in [0.717, 1.165) is 51.3 Å². The third-order valence-electron chi connectivity index (χ3n) is 12.6. The van der Waals surface area contributed by atoms with Crippen LogP contribution in [0.15, 0.2) is 164 Å². The molecule has 2 aromatic heterocycles. The van der Waals surface area contributed by atoms with E-state index in [2.05, 4.69) is 62.0 Å². The highest BCUT2D eigenvalue weighted by Gasteiger charge is 2.40. The number of benzene rings is 6. The molecule has 1 aliphatic heterocycles. The second-order valence-corrected chi connectivity index (χ2v) is 16.5. The lowest BCUT2D eigenvalue weighted by molar-refractivity contribution is -0.0756. The molecule has 10 rings (SSSR count). The number of carbonyl (C=O) groups excluding carboxylic acids is 2. The highest BCUT2D eigenvalue weighted by molar-refractivity contribution is 6.06. The fourth-order valence-electron chi connectivity index (χ4n) is 9.24. The van der Waals surface area contributed by atoms with Gasteiger partial charge in [0.25, 0.3) is 5.91 Å². The van der Waals surface area contributed by atoms with Crippen molar-refractivity contribution in [1.82, 2.24) is 24.8 Å². The molecule has 67 heavy (non-hydrogen) atoms. The van der Waals surface area contributed by atoms with Crippen LogP contribution in [0.2, 0.25) is 0 Å². The van der Waals surface area contributed by atoms with Gasteiger partial charge in [0.05, 0.1) is 33.3 Å². The Hall–Kier alpha value is -7.87. The van der Waals surface area contributed by atoms with E-state index in [4.69, 9.17) is 23.7 Å². The van der Waals surface area contributed by atoms with Crippen molar-refractivity contribution in [2.45, 2.75) is 43.2 Å². The summed E-state index contributed by atoms with van der Waals surface area (Å²) in [4.78, 5) is 39.8. The van der Waals surface area contributed by atoms with Gasteiger partial charge in [-0.25, -0.2) is 19.7 Å². The summed E-state index contributed by atoms with van der Waals surface area (Å²) in [6.45, 7) is 0.749. The van der Waals surface area contributed by atoms with Crippen LogP contribution in [-0.2, 0) is 26.4 Å². The smallest absolute Gasteiger partial charge is 0.407 e. The van der Waals surface area contributed by atoms with Gasteiger partial charge >= 0.3 is 6.09 Å². The second-order valence-electron chi connectivity index (χ2n) is 16.5. The first kappa shape index (κ1) is 43.0. The molecule has 13 heteroatoms. The van der Waals surface area contributed by atoms with Crippen LogP contribution in [0.4, 0.5) is 10.6 Å². The number of nitrogens with one attached hydrogen (secondary N) is 2. The maximum atomic E-state index is 13.5. The van der Waals surface area contributed by atoms with Crippen LogP contribution in [0.5, 0.6) is 11.5 Å². The van der Waals surface area contributed by atoms with Crippen molar-refractivity contribution in [3.63, 3.8) is 0 Å². The monoisotopic (exact) mass is 892 g/mol. The number of aromatic nitrogens is 4. The zero-order valence-corrected chi connectivity index (χ0v) is 37.0. The number of alkyl carbamates (subject to hydrolysis) is 1. The molecular formula is C54H48N6O7. The van der Waals surface area contributed by atoms with Crippen molar-refractivity contribution in [1.29, 1.82) is 0 Å². The van der Waals surface area contributed by atoms with Crippen LogP contribution in [-0.4, -0.2) is 65.1 Å².